The first-order valence-electron chi connectivity index (χ1n) is 5.85. The van der Waals surface area contributed by atoms with Crippen molar-refractivity contribution in [1.82, 2.24) is 10.2 Å². The summed E-state index contributed by atoms with van der Waals surface area (Å²) < 4.78 is 0. The van der Waals surface area contributed by atoms with Crippen LogP contribution in [0.5, 0.6) is 0 Å². The number of benzene rings is 1. The molecule has 5 nitrogen and oxygen atoms in total. The lowest BCUT2D eigenvalue weighted by molar-refractivity contribution is 0.102. The molecule has 0 unspecified atom stereocenters. The molecule has 2 aromatic rings. The summed E-state index contributed by atoms with van der Waals surface area (Å²) in [5, 5.41) is 10.4. The Morgan fingerprint density at radius 1 is 1.14 bits per heavy atom. The van der Waals surface area contributed by atoms with Crippen molar-refractivity contribution in [2.24, 2.45) is 0 Å². The van der Waals surface area contributed by atoms with Gasteiger partial charge in [-0.15, -0.1) is 10.2 Å². The van der Waals surface area contributed by atoms with Gasteiger partial charge >= 0.3 is 0 Å². The number of anilines is 2. The molecule has 110 valence electrons. The maximum absolute atomic E-state index is 12.1. The van der Waals surface area contributed by atoms with Crippen LogP contribution in [0.25, 0.3) is 0 Å². The van der Waals surface area contributed by atoms with Crippen LogP contribution in [0.2, 0.25) is 15.3 Å². The average molecular weight is 346 g/mol. The molecule has 1 aromatic carbocycles. The Morgan fingerprint density at radius 3 is 2.48 bits per heavy atom. The first-order valence-corrected chi connectivity index (χ1v) is 6.99. The van der Waals surface area contributed by atoms with Crippen molar-refractivity contribution in [2.75, 3.05) is 24.3 Å². The molecule has 2 rings (SSSR count). The summed E-state index contributed by atoms with van der Waals surface area (Å²) in [6.45, 7) is 0. The highest BCUT2D eigenvalue weighted by Gasteiger charge is 2.14. The van der Waals surface area contributed by atoms with Crippen LogP contribution >= 0.6 is 34.8 Å². The zero-order valence-corrected chi connectivity index (χ0v) is 13.5. The van der Waals surface area contributed by atoms with Gasteiger partial charge in [0.15, 0.2) is 10.3 Å². The first kappa shape index (κ1) is 15.8. The van der Waals surface area contributed by atoms with Crippen LogP contribution < -0.4 is 10.2 Å². The van der Waals surface area contributed by atoms with Gasteiger partial charge in [0.05, 0.1) is 16.3 Å². The fourth-order valence-corrected chi connectivity index (χ4v) is 2.33. The quantitative estimate of drug-likeness (QED) is 0.920. The monoisotopic (exact) mass is 344 g/mol. The number of nitrogens with one attached hydrogen (secondary N) is 1. The van der Waals surface area contributed by atoms with Crippen molar-refractivity contribution in [3.8, 4) is 0 Å². The number of aromatic nitrogens is 2. The Labute approximate surface area is 136 Å². The Kier molecular flexibility index (Phi) is 4.88. The third-order valence-corrected chi connectivity index (χ3v) is 3.42. The number of carbonyl (C=O) groups excluding carboxylic acids is 1. The molecule has 21 heavy (non-hydrogen) atoms. The minimum atomic E-state index is -0.439. The fraction of sp³-hybridized carbons (Fsp3) is 0.154. The highest BCUT2D eigenvalue weighted by atomic mass is 35.5. The molecular formula is C13H11Cl3N4O. The second-order valence-electron chi connectivity index (χ2n) is 4.39. The van der Waals surface area contributed by atoms with Crippen molar-refractivity contribution < 1.29 is 4.79 Å². The van der Waals surface area contributed by atoms with Gasteiger partial charge in [-0.2, -0.15) is 0 Å². The van der Waals surface area contributed by atoms with Crippen LogP contribution in [-0.4, -0.2) is 30.2 Å². The average Bonchev–Trinajstić information content (AvgIpc) is 2.41. The summed E-state index contributed by atoms with van der Waals surface area (Å²) in [5.74, 6) is -0.439. The molecule has 0 aliphatic rings. The highest BCUT2D eigenvalue weighted by Crippen LogP contribution is 2.28. The SMILES string of the molecule is CN(C)c1ccc(NC(=O)c2cc(Cl)nnc2Cl)cc1Cl. The Morgan fingerprint density at radius 2 is 1.86 bits per heavy atom. The molecule has 0 saturated carbocycles. The molecule has 0 fully saturated rings. The summed E-state index contributed by atoms with van der Waals surface area (Å²) in [7, 11) is 3.76. The van der Waals surface area contributed by atoms with Crippen LogP contribution in [-0.2, 0) is 0 Å². The topological polar surface area (TPSA) is 58.1 Å². The highest BCUT2D eigenvalue weighted by molar-refractivity contribution is 6.35. The maximum Gasteiger partial charge on any atom is 0.258 e. The van der Waals surface area contributed by atoms with Crippen LogP contribution in [0.3, 0.4) is 0 Å². The summed E-state index contributed by atoms with van der Waals surface area (Å²) in [4.78, 5) is 14.0. The number of hydrogen-bond acceptors (Lipinski definition) is 4. The van der Waals surface area contributed by atoms with Crippen LogP contribution in [0.1, 0.15) is 10.4 Å². The molecule has 0 bridgehead atoms. The summed E-state index contributed by atoms with van der Waals surface area (Å²) in [6.07, 6.45) is 0. The molecule has 0 aliphatic heterocycles. The van der Waals surface area contributed by atoms with E-state index in [9.17, 15) is 4.79 Å². The summed E-state index contributed by atoms with van der Waals surface area (Å²) in [6, 6.07) is 6.54. The molecule has 0 saturated heterocycles. The van der Waals surface area contributed by atoms with Crippen LogP contribution in [0.15, 0.2) is 24.3 Å². The molecule has 0 aliphatic carbocycles. The van der Waals surface area contributed by atoms with Gasteiger partial charge in [-0.25, -0.2) is 0 Å². The Hall–Kier alpha value is -1.56. The molecule has 0 atom stereocenters. The molecule has 8 heteroatoms. The second-order valence-corrected chi connectivity index (χ2v) is 5.54. The summed E-state index contributed by atoms with van der Waals surface area (Å²) in [5.41, 5.74) is 1.53. The lowest BCUT2D eigenvalue weighted by atomic mass is 10.2. The van der Waals surface area contributed by atoms with Crippen LogP contribution in [0, 0.1) is 0 Å². The van der Waals surface area contributed by atoms with E-state index in [4.69, 9.17) is 34.8 Å². The predicted molar refractivity (Wildman–Crippen MR) is 85.8 cm³/mol. The molecule has 1 heterocycles. The maximum atomic E-state index is 12.1. The number of rotatable bonds is 3. The molecule has 0 spiro atoms. The van der Waals surface area contributed by atoms with Gasteiger partial charge in [0.25, 0.3) is 5.91 Å². The standard InChI is InChI=1S/C13H11Cl3N4O/c1-20(2)10-4-3-7(5-9(10)14)17-13(21)8-6-11(15)18-19-12(8)16/h3-6H,1-2H3,(H,17,21). The van der Waals surface area contributed by atoms with Gasteiger partial charge in [-0.1, -0.05) is 34.8 Å². The van der Waals surface area contributed by atoms with E-state index in [-0.39, 0.29) is 15.9 Å². The third-order valence-electron chi connectivity index (χ3n) is 2.65. The summed E-state index contributed by atoms with van der Waals surface area (Å²) >= 11 is 17.7. The van der Waals surface area contributed by atoms with Gasteiger partial charge in [0.2, 0.25) is 0 Å². The van der Waals surface area contributed by atoms with Gasteiger partial charge < -0.3 is 10.2 Å². The first-order chi connectivity index (χ1) is 9.88. The molecule has 0 radical (unpaired) electrons. The second kappa shape index (κ2) is 6.47. The molecule has 1 aromatic heterocycles. The minimum absolute atomic E-state index is 0.0205. The van der Waals surface area contributed by atoms with E-state index >= 15 is 0 Å². The van der Waals surface area contributed by atoms with E-state index < -0.39 is 5.91 Å². The number of nitrogens with zero attached hydrogens (tertiary/aromatic N) is 3. The predicted octanol–water partition coefficient (Wildman–Crippen LogP) is 3.76. The third kappa shape index (κ3) is 3.75. The van der Waals surface area contributed by atoms with Gasteiger partial charge in [0.1, 0.15) is 0 Å². The molecule has 1 N–H and O–H groups in total. The van der Waals surface area contributed by atoms with Crippen molar-refractivity contribution in [3.63, 3.8) is 0 Å². The number of hydrogen-bond donors (Lipinski definition) is 1. The Balaban J connectivity index is 2.24. The smallest absolute Gasteiger partial charge is 0.258 e. The zero-order chi connectivity index (χ0) is 15.6. The van der Waals surface area contributed by atoms with Crippen molar-refractivity contribution in [2.45, 2.75) is 0 Å². The lowest BCUT2D eigenvalue weighted by Crippen LogP contribution is -2.14. The van der Waals surface area contributed by atoms with E-state index in [0.29, 0.717) is 10.7 Å². The zero-order valence-electron chi connectivity index (χ0n) is 11.2. The van der Waals surface area contributed by atoms with E-state index in [1.165, 1.54) is 6.07 Å². The van der Waals surface area contributed by atoms with E-state index in [0.717, 1.165) is 5.69 Å². The molecule has 1 amide bonds. The van der Waals surface area contributed by atoms with Gasteiger partial charge in [-0.05, 0) is 24.3 Å². The lowest BCUT2D eigenvalue weighted by Gasteiger charge is -2.15. The fourth-order valence-electron chi connectivity index (χ4n) is 1.66. The largest absolute Gasteiger partial charge is 0.376 e. The normalized spacial score (nSPS) is 10.3. The van der Waals surface area contributed by atoms with Crippen molar-refractivity contribution >= 4 is 52.1 Å². The van der Waals surface area contributed by atoms with E-state index in [1.807, 2.05) is 19.0 Å². The van der Waals surface area contributed by atoms with E-state index in [2.05, 4.69) is 15.5 Å². The minimum Gasteiger partial charge on any atom is -0.376 e. The van der Waals surface area contributed by atoms with E-state index in [1.54, 1.807) is 18.2 Å². The van der Waals surface area contributed by atoms with Gasteiger partial charge in [-0.3, -0.25) is 4.79 Å². The Bertz CT molecular complexity index is 691. The number of carbonyl (C=O) groups is 1. The van der Waals surface area contributed by atoms with Crippen molar-refractivity contribution in [3.05, 3.63) is 45.2 Å². The van der Waals surface area contributed by atoms with Crippen LogP contribution in [0.4, 0.5) is 11.4 Å². The number of halogens is 3. The van der Waals surface area contributed by atoms with Gasteiger partial charge in [0, 0.05) is 19.8 Å². The van der Waals surface area contributed by atoms with Crippen molar-refractivity contribution in [1.29, 1.82) is 0 Å². The molecular weight excluding hydrogens is 335 g/mol. The number of amides is 1.